The number of amides is 1. The second kappa shape index (κ2) is 7.14. The van der Waals surface area contributed by atoms with Crippen molar-refractivity contribution in [3.05, 3.63) is 71.5 Å². The number of aromatic nitrogens is 2. The Kier molecular flexibility index (Phi) is 4.74. The van der Waals surface area contributed by atoms with E-state index in [9.17, 15) is 19.1 Å². The van der Waals surface area contributed by atoms with Gasteiger partial charge in [0.2, 0.25) is 0 Å². The Morgan fingerprint density at radius 1 is 1.23 bits per heavy atom. The van der Waals surface area contributed by atoms with E-state index in [4.69, 9.17) is 4.52 Å². The van der Waals surface area contributed by atoms with Gasteiger partial charge in [-0.2, -0.15) is 0 Å². The standard InChI is InChI=1S/C18H14FN3O4/c1-10(21-17(23)12-3-2-8-20-9-12)16-14(18(24)25)15(22-26-16)11-4-6-13(19)7-5-11/h2-10H,1H3,(H,21,23)(H,24,25). The first-order valence-corrected chi connectivity index (χ1v) is 7.67. The van der Waals surface area contributed by atoms with Crippen LogP contribution >= 0.6 is 0 Å². The molecule has 0 radical (unpaired) electrons. The molecule has 1 atom stereocenters. The number of carboxylic acids is 1. The van der Waals surface area contributed by atoms with Gasteiger partial charge in [-0.1, -0.05) is 5.16 Å². The summed E-state index contributed by atoms with van der Waals surface area (Å²) in [6.07, 6.45) is 2.93. The van der Waals surface area contributed by atoms with Crippen LogP contribution in [0.4, 0.5) is 4.39 Å². The molecule has 2 aromatic heterocycles. The summed E-state index contributed by atoms with van der Waals surface area (Å²) >= 11 is 0. The van der Waals surface area contributed by atoms with E-state index in [1.54, 1.807) is 19.1 Å². The number of nitrogens with zero attached hydrogens (tertiary/aromatic N) is 2. The third kappa shape index (κ3) is 3.44. The number of hydrogen-bond donors (Lipinski definition) is 2. The molecule has 3 aromatic rings. The van der Waals surface area contributed by atoms with Gasteiger partial charge in [-0.25, -0.2) is 9.18 Å². The Morgan fingerprint density at radius 3 is 2.58 bits per heavy atom. The Morgan fingerprint density at radius 2 is 1.96 bits per heavy atom. The van der Waals surface area contributed by atoms with Crippen LogP contribution < -0.4 is 5.32 Å². The number of nitrogens with one attached hydrogen (secondary N) is 1. The summed E-state index contributed by atoms with van der Waals surface area (Å²) in [6, 6.07) is 7.65. The lowest BCUT2D eigenvalue weighted by Crippen LogP contribution is -2.27. The highest BCUT2D eigenvalue weighted by Gasteiger charge is 2.28. The van der Waals surface area contributed by atoms with Crippen molar-refractivity contribution >= 4 is 11.9 Å². The molecule has 1 aromatic carbocycles. The van der Waals surface area contributed by atoms with Crippen LogP contribution in [0, 0.1) is 5.82 Å². The fourth-order valence-corrected chi connectivity index (χ4v) is 2.45. The SMILES string of the molecule is CC(NC(=O)c1cccnc1)c1onc(-c2ccc(F)cc2)c1C(=O)O. The van der Waals surface area contributed by atoms with Gasteiger partial charge in [-0.05, 0) is 43.3 Å². The van der Waals surface area contributed by atoms with Crippen molar-refractivity contribution in [3.63, 3.8) is 0 Å². The van der Waals surface area contributed by atoms with Crippen molar-refractivity contribution in [1.29, 1.82) is 0 Å². The maximum Gasteiger partial charge on any atom is 0.341 e. The molecule has 3 rings (SSSR count). The number of pyridine rings is 1. The van der Waals surface area contributed by atoms with Crippen LogP contribution in [0.3, 0.4) is 0 Å². The van der Waals surface area contributed by atoms with Crippen molar-refractivity contribution in [3.8, 4) is 11.3 Å². The minimum absolute atomic E-state index is 0.00550. The number of rotatable bonds is 5. The van der Waals surface area contributed by atoms with Crippen molar-refractivity contribution in [1.82, 2.24) is 15.5 Å². The summed E-state index contributed by atoms with van der Waals surface area (Å²) in [5.41, 5.74) is 0.602. The molecule has 0 saturated carbocycles. The number of carbonyl (C=O) groups is 2. The van der Waals surface area contributed by atoms with Gasteiger partial charge in [0.1, 0.15) is 17.1 Å². The Balaban J connectivity index is 1.91. The molecule has 0 fully saturated rings. The van der Waals surface area contributed by atoms with Crippen molar-refractivity contribution in [2.45, 2.75) is 13.0 Å². The minimum Gasteiger partial charge on any atom is -0.477 e. The van der Waals surface area contributed by atoms with Crippen molar-refractivity contribution in [2.75, 3.05) is 0 Å². The molecule has 132 valence electrons. The molecule has 8 heteroatoms. The quantitative estimate of drug-likeness (QED) is 0.729. The zero-order valence-electron chi connectivity index (χ0n) is 13.6. The zero-order valence-corrected chi connectivity index (χ0v) is 13.6. The molecule has 1 amide bonds. The Labute approximate surface area is 147 Å². The summed E-state index contributed by atoms with van der Waals surface area (Å²) < 4.78 is 18.3. The normalized spacial score (nSPS) is 11.8. The lowest BCUT2D eigenvalue weighted by Gasteiger charge is -2.11. The van der Waals surface area contributed by atoms with Crippen LogP contribution in [0.25, 0.3) is 11.3 Å². The molecule has 0 saturated heterocycles. The van der Waals surface area contributed by atoms with Gasteiger partial charge in [-0.3, -0.25) is 9.78 Å². The summed E-state index contributed by atoms with van der Waals surface area (Å²) in [4.78, 5) is 27.8. The van der Waals surface area contributed by atoms with Crippen molar-refractivity contribution in [2.24, 2.45) is 0 Å². The maximum absolute atomic E-state index is 13.1. The van der Waals surface area contributed by atoms with Gasteiger partial charge in [0, 0.05) is 18.0 Å². The van der Waals surface area contributed by atoms with E-state index in [-0.39, 0.29) is 17.0 Å². The Bertz CT molecular complexity index is 939. The number of hydrogen-bond acceptors (Lipinski definition) is 5. The van der Waals surface area contributed by atoms with E-state index < -0.39 is 23.7 Å². The fourth-order valence-electron chi connectivity index (χ4n) is 2.45. The van der Waals surface area contributed by atoms with Crippen molar-refractivity contribution < 1.29 is 23.6 Å². The predicted octanol–water partition coefficient (Wildman–Crippen LogP) is 3.06. The predicted molar refractivity (Wildman–Crippen MR) is 89.0 cm³/mol. The number of aromatic carboxylic acids is 1. The summed E-state index contributed by atoms with van der Waals surface area (Å²) in [5.74, 6) is -2.15. The van der Waals surface area contributed by atoms with E-state index in [2.05, 4.69) is 15.5 Å². The van der Waals surface area contributed by atoms with Gasteiger partial charge in [0.05, 0.1) is 11.6 Å². The second-order valence-electron chi connectivity index (χ2n) is 5.52. The van der Waals surface area contributed by atoms with E-state index in [0.29, 0.717) is 11.1 Å². The molecule has 2 N–H and O–H groups in total. The van der Waals surface area contributed by atoms with E-state index >= 15 is 0 Å². The van der Waals surface area contributed by atoms with E-state index in [1.165, 1.54) is 36.7 Å². The van der Waals surface area contributed by atoms with Crippen LogP contribution in [-0.4, -0.2) is 27.1 Å². The molecule has 7 nitrogen and oxygen atoms in total. The zero-order chi connectivity index (χ0) is 18.7. The third-order valence-electron chi connectivity index (χ3n) is 3.71. The average Bonchev–Trinajstić information content (AvgIpc) is 3.08. The summed E-state index contributed by atoms with van der Waals surface area (Å²) in [5, 5.41) is 16.0. The first kappa shape index (κ1) is 17.3. The highest BCUT2D eigenvalue weighted by Crippen LogP contribution is 2.29. The highest BCUT2D eigenvalue weighted by atomic mass is 19.1. The van der Waals surface area contributed by atoms with Gasteiger partial charge < -0.3 is 14.9 Å². The molecule has 0 aliphatic rings. The monoisotopic (exact) mass is 355 g/mol. The fraction of sp³-hybridized carbons (Fsp3) is 0.111. The van der Waals surface area contributed by atoms with Crippen LogP contribution in [-0.2, 0) is 0 Å². The topological polar surface area (TPSA) is 105 Å². The average molecular weight is 355 g/mol. The number of carbonyl (C=O) groups excluding carboxylic acids is 1. The summed E-state index contributed by atoms with van der Waals surface area (Å²) in [7, 11) is 0. The first-order valence-electron chi connectivity index (χ1n) is 7.67. The second-order valence-corrected chi connectivity index (χ2v) is 5.52. The smallest absolute Gasteiger partial charge is 0.341 e. The maximum atomic E-state index is 13.1. The van der Waals surface area contributed by atoms with Gasteiger partial charge in [0.25, 0.3) is 5.91 Å². The lowest BCUT2D eigenvalue weighted by atomic mass is 10.0. The largest absolute Gasteiger partial charge is 0.477 e. The number of benzene rings is 1. The molecular formula is C18H14FN3O4. The number of carboxylic acid groups (broad SMARTS) is 1. The van der Waals surface area contributed by atoms with E-state index in [1.807, 2.05) is 0 Å². The van der Waals surface area contributed by atoms with Gasteiger partial charge in [-0.15, -0.1) is 0 Å². The van der Waals surface area contributed by atoms with Gasteiger partial charge in [0.15, 0.2) is 5.76 Å². The minimum atomic E-state index is -1.26. The first-order chi connectivity index (χ1) is 12.5. The highest BCUT2D eigenvalue weighted by molar-refractivity contribution is 5.97. The molecular weight excluding hydrogens is 341 g/mol. The molecule has 2 heterocycles. The molecule has 0 aliphatic carbocycles. The van der Waals surface area contributed by atoms with E-state index in [0.717, 1.165) is 0 Å². The summed E-state index contributed by atoms with van der Waals surface area (Å²) in [6.45, 7) is 1.58. The third-order valence-corrected chi connectivity index (χ3v) is 3.71. The van der Waals surface area contributed by atoms with Crippen LogP contribution in [0.5, 0.6) is 0 Å². The van der Waals surface area contributed by atoms with Crippen LogP contribution in [0.15, 0.2) is 53.3 Å². The van der Waals surface area contributed by atoms with Gasteiger partial charge >= 0.3 is 5.97 Å². The number of halogens is 1. The molecule has 0 aliphatic heterocycles. The lowest BCUT2D eigenvalue weighted by molar-refractivity contribution is 0.0692. The molecule has 26 heavy (non-hydrogen) atoms. The van der Waals surface area contributed by atoms with Crippen LogP contribution in [0.2, 0.25) is 0 Å². The molecule has 0 bridgehead atoms. The Hall–Kier alpha value is -3.55. The molecule has 0 spiro atoms. The van der Waals surface area contributed by atoms with Crippen LogP contribution in [0.1, 0.15) is 39.4 Å². The molecule has 1 unspecified atom stereocenters.